The van der Waals surface area contributed by atoms with Crippen molar-refractivity contribution in [1.82, 2.24) is 0 Å². The largest absolute Gasteiger partial charge is 0.507 e. The summed E-state index contributed by atoms with van der Waals surface area (Å²) in [5.74, 6) is -3.02. The number of anilines is 1. The number of aryl methyl sites for hydroxylation is 1. The van der Waals surface area contributed by atoms with E-state index in [-0.39, 0.29) is 11.1 Å². The number of nitrogens with zero attached hydrogens (tertiary/aromatic N) is 1. The Morgan fingerprint density at radius 1 is 0.933 bits per heavy atom. The molecule has 0 saturated carbocycles. The molecule has 0 bridgehead atoms. The lowest BCUT2D eigenvalue weighted by Gasteiger charge is -2.25. The van der Waals surface area contributed by atoms with Crippen molar-refractivity contribution < 1.29 is 23.5 Å². The predicted octanol–water partition coefficient (Wildman–Crippen LogP) is 4.90. The van der Waals surface area contributed by atoms with Gasteiger partial charge in [-0.1, -0.05) is 30.3 Å². The molecule has 0 radical (unpaired) electrons. The van der Waals surface area contributed by atoms with Gasteiger partial charge in [0.25, 0.3) is 11.7 Å². The second kappa shape index (κ2) is 7.55. The maximum absolute atomic E-state index is 13.7. The molecule has 3 aromatic carbocycles. The first kappa shape index (κ1) is 19.5. The van der Waals surface area contributed by atoms with E-state index < -0.39 is 35.1 Å². The molecular formula is C24H17F2NO3. The quantitative estimate of drug-likeness (QED) is 0.383. The number of hydrogen-bond donors (Lipinski definition) is 1. The van der Waals surface area contributed by atoms with Crippen LogP contribution < -0.4 is 4.90 Å². The van der Waals surface area contributed by atoms with Gasteiger partial charge in [0.05, 0.1) is 11.6 Å². The molecule has 1 fully saturated rings. The van der Waals surface area contributed by atoms with Crippen LogP contribution in [-0.2, 0) is 9.59 Å². The Morgan fingerprint density at radius 3 is 2.23 bits per heavy atom. The van der Waals surface area contributed by atoms with E-state index in [9.17, 15) is 23.5 Å². The Labute approximate surface area is 171 Å². The zero-order chi connectivity index (χ0) is 21.4. The smallest absolute Gasteiger partial charge is 0.300 e. The summed E-state index contributed by atoms with van der Waals surface area (Å²) in [5.41, 5.74) is 1.33. The van der Waals surface area contributed by atoms with Crippen molar-refractivity contribution in [3.8, 4) is 0 Å². The van der Waals surface area contributed by atoms with E-state index in [4.69, 9.17) is 0 Å². The van der Waals surface area contributed by atoms with Crippen molar-refractivity contribution in [2.75, 3.05) is 4.90 Å². The van der Waals surface area contributed by atoms with E-state index in [1.807, 2.05) is 0 Å². The van der Waals surface area contributed by atoms with Crippen LogP contribution in [0.25, 0.3) is 5.76 Å². The van der Waals surface area contributed by atoms with Crippen molar-refractivity contribution in [3.63, 3.8) is 0 Å². The third-order valence-electron chi connectivity index (χ3n) is 5.10. The van der Waals surface area contributed by atoms with Gasteiger partial charge in [0.15, 0.2) is 0 Å². The van der Waals surface area contributed by atoms with Gasteiger partial charge in [0, 0.05) is 11.3 Å². The Kier molecular flexibility index (Phi) is 4.91. The van der Waals surface area contributed by atoms with Crippen LogP contribution in [0.3, 0.4) is 0 Å². The van der Waals surface area contributed by atoms with E-state index in [1.54, 1.807) is 30.3 Å². The fraction of sp³-hybridized carbons (Fsp3) is 0.0833. The predicted molar refractivity (Wildman–Crippen MR) is 109 cm³/mol. The summed E-state index contributed by atoms with van der Waals surface area (Å²) in [6.45, 7) is 1.54. The molecule has 4 rings (SSSR count). The fourth-order valence-corrected chi connectivity index (χ4v) is 3.60. The maximum atomic E-state index is 13.7. The number of aliphatic hydroxyl groups excluding tert-OH is 1. The van der Waals surface area contributed by atoms with Crippen molar-refractivity contribution in [2.24, 2.45) is 0 Å². The lowest BCUT2D eigenvalue weighted by molar-refractivity contribution is -0.132. The lowest BCUT2D eigenvalue weighted by atomic mass is 9.94. The number of Topliss-reactive ketones (excluding diaryl/α,β-unsaturated/α-hetero) is 1. The number of benzene rings is 3. The highest BCUT2D eigenvalue weighted by Crippen LogP contribution is 2.42. The molecular weight excluding hydrogens is 388 g/mol. The van der Waals surface area contributed by atoms with Crippen LogP contribution in [0, 0.1) is 18.6 Å². The Balaban J connectivity index is 1.94. The van der Waals surface area contributed by atoms with Crippen LogP contribution in [0.5, 0.6) is 0 Å². The molecule has 1 N–H and O–H groups in total. The summed E-state index contributed by atoms with van der Waals surface area (Å²) >= 11 is 0. The fourth-order valence-electron chi connectivity index (χ4n) is 3.60. The zero-order valence-electron chi connectivity index (χ0n) is 16.0. The first-order chi connectivity index (χ1) is 14.4. The number of hydrogen-bond acceptors (Lipinski definition) is 3. The summed E-state index contributed by atoms with van der Waals surface area (Å²) in [6.07, 6.45) is 0. The molecule has 1 amide bonds. The van der Waals surface area contributed by atoms with Crippen molar-refractivity contribution in [2.45, 2.75) is 13.0 Å². The molecule has 0 aliphatic carbocycles. The number of rotatable bonds is 3. The zero-order valence-corrected chi connectivity index (χ0v) is 16.0. The van der Waals surface area contributed by atoms with Crippen molar-refractivity contribution >= 4 is 23.1 Å². The molecule has 0 aromatic heterocycles. The first-order valence-corrected chi connectivity index (χ1v) is 9.26. The SMILES string of the molecule is Cc1cc(/C(O)=C2/C(=O)C(=O)N(c3ccc(F)cc3)C2c2ccccc2)ccc1F. The maximum Gasteiger partial charge on any atom is 0.300 e. The van der Waals surface area contributed by atoms with Crippen molar-refractivity contribution in [3.05, 3.63) is 107 Å². The van der Waals surface area contributed by atoms with Gasteiger partial charge >= 0.3 is 0 Å². The number of amides is 1. The van der Waals surface area contributed by atoms with Gasteiger partial charge in [0.2, 0.25) is 0 Å². The minimum absolute atomic E-state index is 0.110. The molecule has 3 aromatic rings. The Hall–Kier alpha value is -3.80. The molecule has 0 spiro atoms. The van der Waals surface area contributed by atoms with Crippen LogP contribution in [0.4, 0.5) is 14.5 Å². The van der Waals surface area contributed by atoms with Gasteiger partial charge in [0.1, 0.15) is 17.4 Å². The van der Waals surface area contributed by atoms with E-state index >= 15 is 0 Å². The average molecular weight is 405 g/mol. The normalized spacial score (nSPS) is 18.1. The number of aliphatic hydroxyl groups is 1. The number of halogens is 2. The van der Waals surface area contributed by atoms with Gasteiger partial charge in [-0.15, -0.1) is 0 Å². The second-order valence-electron chi connectivity index (χ2n) is 7.02. The molecule has 4 nitrogen and oxygen atoms in total. The van der Waals surface area contributed by atoms with Crippen molar-refractivity contribution in [1.29, 1.82) is 0 Å². The number of carbonyl (C=O) groups excluding carboxylic acids is 2. The molecule has 1 aliphatic rings. The molecule has 1 saturated heterocycles. The molecule has 150 valence electrons. The topological polar surface area (TPSA) is 57.6 Å². The number of carbonyl (C=O) groups is 2. The molecule has 1 aliphatic heterocycles. The number of ketones is 1. The Bertz CT molecular complexity index is 1170. The summed E-state index contributed by atoms with van der Waals surface area (Å²) in [4.78, 5) is 27.1. The van der Waals surface area contributed by atoms with E-state index in [2.05, 4.69) is 0 Å². The van der Waals surface area contributed by atoms with Crippen LogP contribution in [-0.4, -0.2) is 16.8 Å². The van der Waals surface area contributed by atoms with Crippen LogP contribution >= 0.6 is 0 Å². The standard InChI is InChI=1S/C24H17F2NO3/c1-14-13-16(7-12-19(14)26)22(28)20-21(15-5-3-2-4-6-15)27(24(30)23(20)29)18-10-8-17(25)9-11-18/h2-13,21,28H,1H3/b22-20-. The molecule has 30 heavy (non-hydrogen) atoms. The van der Waals surface area contributed by atoms with E-state index in [0.29, 0.717) is 16.8 Å². The Morgan fingerprint density at radius 2 is 1.60 bits per heavy atom. The van der Waals surface area contributed by atoms with Gasteiger partial charge in [-0.3, -0.25) is 14.5 Å². The monoisotopic (exact) mass is 405 g/mol. The summed E-state index contributed by atoms with van der Waals surface area (Å²) < 4.78 is 27.1. The van der Waals surface area contributed by atoms with Crippen LogP contribution in [0.1, 0.15) is 22.7 Å². The third kappa shape index (κ3) is 3.26. The van der Waals surface area contributed by atoms with E-state index in [1.165, 1.54) is 54.3 Å². The minimum atomic E-state index is -0.915. The van der Waals surface area contributed by atoms with Gasteiger partial charge in [-0.25, -0.2) is 8.78 Å². The molecule has 1 unspecified atom stereocenters. The van der Waals surface area contributed by atoms with Gasteiger partial charge in [-0.2, -0.15) is 0 Å². The minimum Gasteiger partial charge on any atom is -0.507 e. The second-order valence-corrected chi connectivity index (χ2v) is 7.02. The lowest BCUT2D eigenvalue weighted by Crippen LogP contribution is -2.29. The van der Waals surface area contributed by atoms with Gasteiger partial charge < -0.3 is 5.11 Å². The highest BCUT2D eigenvalue weighted by Gasteiger charge is 2.46. The average Bonchev–Trinajstić information content (AvgIpc) is 3.02. The first-order valence-electron chi connectivity index (χ1n) is 9.26. The van der Waals surface area contributed by atoms with E-state index in [0.717, 1.165) is 0 Å². The third-order valence-corrected chi connectivity index (χ3v) is 5.10. The highest BCUT2D eigenvalue weighted by molar-refractivity contribution is 6.51. The van der Waals surface area contributed by atoms with Crippen LogP contribution in [0.2, 0.25) is 0 Å². The summed E-state index contributed by atoms with van der Waals surface area (Å²) in [5, 5.41) is 11.0. The molecule has 1 atom stereocenters. The highest BCUT2D eigenvalue weighted by atomic mass is 19.1. The molecule has 6 heteroatoms. The molecule has 1 heterocycles. The van der Waals surface area contributed by atoms with Crippen LogP contribution in [0.15, 0.2) is 78.4 Å². The van der Waals surface area contributed by atoms with Gasteiger partial charge in [-0.05, 0) is 60.5 Å². The summed E-state index contributed by atoms with van der Waals surface area (Å²) in [6, 6.07) is 17.0. The summed E-state index contributed by atoms with van der Waals surface area (Å²) in [7, 11) is 0.